The zero-order valence-electron chi connectivity index (χ0n) is 14.1. The molecule has 1 saturated carbocycles. The normalized spacial score (nSPS) is 33.4. The Morgan fingerprint density at radius 3 is 2.46 bits per heavy atom. The van der Waals surface area contributed by atoms with Gasteiger partial charge in [0.05, 0.1) is 12.1 Å². The molecule has 5 nitrogen and oxygen atoms in total. The summed E-state index contributed by atoms with van der Waals surface area (Å²) in [6.07, 6.45) is -1.73. The van der Waals surface area contributed by atoms with Crippen LogP contribution in [0, 0.1) is 11.8 Å². The third kappa shape index (κ3) is 2.94. The number of hydrogen-bond donors (Lipinski definition) is 2. The first-order valence-corrected chi connectivity index (χ1v) is 10.1. The van der Waals surface area contributed by atoms with Gasteiger partial charge in [0.2, 0.25) is 0 Å². The van der Waals surface area contributed by atoms with E-state index in [0.29, 0.717) is 17.1 Å². The van der Waals surface area contributed by atoms with Crippen LogP contribution in [-0.4, -0.2) is 42.6 Å². The summed E-state index contributed by atoms with van der Waals surface area (Å²) >= 11 is 0. The molecular weight excluding hydrogens is 369 g/mol. The van der Waals surface area contributed by atoms with Crippen molar-refractivity contribution >= 4 is 10.2 Å². The van der Waals surface area contributed by atoms with Crippen LogP contribution in [0.25, 0.3) is 0 Å². The van der Waals surface area contributed by atoms with Gasteiger partial charge in [-0.3, -0.25) is 0 Å². The summed E-state index contributed by atoms with van der Waals surface area (Å²) in [4.78, 5) is 0. The molecule has 3 aliphatic rings. The molecule has 0 unspecified atom stereocenters. The van der Waals surface area contributed by atoms with Crippen molar-refractivity contribution in [2.45, 2.75) is 44.0 Å². The highest BCUT2D eigenvalue weighted by atomic mass is 32.2. The molecule has 2 N–H and O–H groups in total. The average molecular weight is 390 g/mol. The first-order chi connectivity index (χ1) is 12.1. The molecule has 1 aromatic rings. The van der Waals surface area contributed by atoms with E-state index in [-0.39, 0.29) is 25.0 Å². The number of alkyl halides is 3. The molecule has 1 aromatic carbocycles. The van der Waals surface area contributed by atoms with Crippen molar-refractivity contribution in [1.29, 1.82) is 0 Å². The lowest BCUT2D eigenvalue weighted by atomic mass is 9.79. The van der Waals surface area contributed by atoms with Gasteiger partial charge in [0, 0.05) is 6.54 Å². The van der Waals surface area contributed by atoms with Crippen molar-refractivity contribution in [1.82, 2.24) is 9.03 Å². The minimum absolute atomic E-state index is 0.0262. The molecule has 1 spiro atoms. The Hall–Kier alpha value is -1.16. The molecule has 0 aromatic heterocycles. The molecule has 2 aliphatic carbocycles. The molecule has 3 atom stereocenters. The topological polar surface area (TPSA) is 69.6 Å². The SMILES string of the molecule is O=S1(=O)N[C@]2(CN1CC(F)(F)F)[C@@H]1CC[C@H]2Cc2cc(CO)ccc2C1. The Labute approximate surface area is 150 Å². The summed E-state index contributed by atoms with van der Waals surface area (Å²) in [6, 6.07) is 5.73. The zero-order valence-corrected chi connectivity index (χ0v) is 14.9. The Bertz CT molecular complexity index is 827. The predicted molar refractivity (Wildman–Crippen MR) is 88.4 cm³/mol. The monoisotopic (exact) mass is 390 g/mol. The van der Waals surface area contributed by atoms with Crippen LogP contribution >= 0.6 is 0 Å². The van der Waals surface area contributed by atoms with Gasteiger partial charge >= 0.3 is 6.18 Å². The van der Waals surface area contributed by atoms with E-state index >= 15 is 0 Å². The fourth-order valence-corrected chi connectivity index (χ4v) is 6.70. The lowest BCUT2D eigenvalue weighted by Crippen LogP contribution is -2.52. The number of hydrogen-bond acceptors (Lipinski definition) is 3. The molecular formula is C17H21F3N2O3S. The van der Waals surface area contributed by atoms with E-state index in [9.17, 15) is 26.7 Å². The van der Waals surface area contributed by atoms with Crippen LogP contribution in [0.15, 0.2) is 18.2 Å². The maximum absolute atomic E-state index is 12.8. The standard InChI is InChI=1S/C17H21F3N2O3S/c18-17(19,20)10-22-9-16(21-26(22,24)25)14-3-4-15(16)7-13-5-11(8-23)1-2-12(13)6-14/h1-2,5,14-15,21,23H,3-4,6-10H2/t14-,15+,16-/m1/s1. The van der Waals surface area contributed by atoms with E-state index in [0.717, 1.165) is 29.5 Å². The number of fused-ring (bicyclic) bond motifs is 1. The van der Waals surface area contributed by atoms with E-state index in [2.05, 4.69) is 4.72 Å². The van der Waals surface area contributed by atoms with Gasteiger partial charge in [-0.1, -0.05) is 18.2 Å². The van der Waals surface area contributed by atoms with Gasteiger partial charge in [-0.05, 0) is 54.2 Å². The Morgan fingerprint density at radius 2 is 1.85 bits per heavy atom. The van der Waals surface area contributed by atoms with Crippen LogP contribution in [0.2, 0.25) is 0 Å². The number of nitrogens with zero attached hydrogens (tertiary/aromatic N) is 1. The largest absolute Gasteiger partial charge is 0.402 e. The fourth-order valence-electron chi connectivity index (χ4n) is 5.00. The quantitative estimate of drug-likeness (QED) is 0.809. The second kappa shape index (κ2) is 5.92. The van der Waals surface area contributed by atoms with Gasteiger partial charge in [0.15, 0.2) is 0 Å². The summed E-state index contributed by atoms with van der Waals surface area (Å²) in [5.41, 5.74) is 2.11. The third-order valence-corrected chi connectivity index (χ3v) is 7.74. The van der Waals surface area contributed by atoms with E-state index in [1.54, 1.807) is 0 Å². The molecule has 4 rings (SSSR count). The summed E-state index contributed by atoms with van der Waals surface area (Å²) in [7, 11) is -4.15. The zero-order chi connectivity index (χ0) is 18.7. The number of halogens is 3. The first kappa shape index (κ1) is 18.2. The average Bonchev–Trinajstić information content (AvgIpc) is 2.91. The number of nitrogens with one attached hydrogen (secondary N) is 1. The third-order valence-electron chi connectivity index (χ3n) is 6.16. The van der Waals surface area contributed by atoms with Crippen LogP contribution in [0.4, 0.5) is 13.2 Å². The summed E-state index contributed by atoms with van der Waals surface area (Å²) < 4.78 is 66.5. The van der Waals surface area contributed by atoms with Crippen molar-refractivity contribution in [3.8, 4) is 0 Å². The molecule has 2 fully saturated rings. The van der Waals surface area contributed by atoms with Crippen molar-refractivity contribution in [3.63, 3.8) is 0 Å². The van der Waals surface area contributed by atoms with Crippen molar-refractivity contribution in [2.75, 3.05) is 13.1 Å². The van der Waals surface area contributed by atoms with Gasteiger partial charge in [-0.15, -0.1) is 0 Å². The van der Waals surface area contributed by atoms with Gasteiger partial charge in [0.1, 0.15) is 6.54 Å². The van der Waals surface area contributed by atoms with Crippen LogP contribution < -0.4 is 4.72 Å². The summed E-state index contributed by atoms with van der Waals surface area (Å²) in [5, 5.41) is 9.35. The number of rotatable bonds is 2. The van der Waals surface area contributed by atoms with E-state index in [4.69, 9.17) is 0 Å². The lowest BCUT2D eigenvalue weighted by molar-refractivity contribution is -0.136. The molecule has 0 amide bonds. The van der Waals surface area contributed by atoms with Crippen LogP contribution in [0.5, 0.6) is 0 Å². The molecule has 2 bridgehead atoms. The first-order valence-electron chi connectivity index (χ1n) is 8.70. The molecule has 1 heterocycles. The van der Waals surface area contributed by atoms with Crippen LogP contribution in [0.3, 0.4) is 0 Å². The van der Waals surface area contributed by atoms with Crippen molar-refractivity contribution < 1.29 is 26.7 Å². The highest BCUT2D eigenvalue weighted by molar-refractivity contribution is 7.87. The number of aliphatic hydroxyl groups is 1. The van der Waals surface area contributed by atoms with Gasteiger partial charge < -0.3 is 5.11 Å². The smallest absolute Gasteiger partial charge is 0.392 e. The van der Waals surface area contributed by atoms with Gasteiger partial charge in [-0.25, -0.2) is 0 Å². The maximum Gasteiger partial charge on any atom is 0.402 e. The van der Waals surface area contributed by atoms with Gasteiger partial charge in [-0.2, -0.15) is 30.6 Å². The minimum Gasteiger partial charge on any atom is -0.392 e. The molecule has 1 aliphatic heterocycles. The summed E-state index contributed by atoms with van der Waals surface area (Å²) in [5.74, 6) is -0.0718. The van der Waals surface area contributed by atoms with Gasteiger partial charge in [0.25, 0.3) is 10.2 Å². The van der Waals surface area contributed by atoms with E-state index < -0.39 is 28.5 Å². The number of aliphatic hydroxyl groups excluding tert-OH is 1. The second-order valence-electron chi connectivity index (χ2n) is 7.67. The molecule has 144 valence electrons. The highest BCUT2D eigenvalue weighted by Crippen LogP contribution is 2.50. The highest BCUT2D eigenvalue weighted by Gasteiger charge is 2.60. The molecule has 0 radical (unpaired) electrons. The van der Waals surface area contributed by atoms with Crippen molar-refractivity contribution in [3.05, 3.63) is 34.9 Å². The second-order valence-corrected chi connectivity index (χ2v) is 9.34. The Kier molecular flexibility index (Phi) is 4.15. The van der Waals surface area contributed by atoms with Crippen molar-refractivity contribution in [2.24, 2.45) is 11.8 Å². The lowest BCUT2D eigenvalue weighted by Gasteiger charge is -2.33. The van der Waals surface area contributed by atoms with E-state index in [1.165, 1.54) is 0 Å². The molecule has 9 heteroatoms. The Morgan fingerprint density at radius 1 is 1.19 bits per heavy atom. The van der Waals surface area contributed by atoms with Crippen LogP contribution in [-0.2, 0) is 29.7 Å². The minimum atomic E-state index is -4.57. The summed E-state index contributed by atoms with van der Waals surface area (Å²) in [6.45, 7) is -1.66. The Balaban J connectivity index is 1.68. The molecule has 26 heavy (non-hydrogen) atoms. The predicted octanol–water partition coefficient (Wildman–Crippen LogP) is 1.75. The van der Waals surface area contributed by atoms with Crippen LogP contribution in [0.1, 0.15) is 29.5 Å². The fraction of sp³-hybridized carbons (Fsp3) is 0.647. The number of benzene rings is 1. The van der Waals surface area contributed by atoms with E-state index in [1.807, 2.05) is 18.2 Å². The molecule has 1 saturated heterocycles. The maximum atomic E-state index is 12.8.